The van der Waals surface area contributed by atoms with Crippen molar-refractivity contribution >= 4 is 0 Å². The summed E-state index contributed by atoms with van der Waals surface area (Å²) < 4.78 is 4.07. The summed E-state index contributed by atoms with van der Waals surface area (Å²) in [5.74, 6) is 2.08. The second kappa shape index (κ2) is 3.53. The number of imidazole rings is 2. The van der Waals surface area contributed by atoms with Crippen LogP contribution < -0.4 is 0 Å². The van der Waals surface area contributed by atoms with Crippen LogP contribution in [0, 0.1) is 13.8 Å². The first-order valence-electron chi connectivity index (χ1n) is 5.04. The zero-order chi connectivity index (χ0) is 11.0. The van der Waals surface area contributed by atoms with Gasteiger partial charge in [0.25, 0.3) is 0 Å². The van der Waals surface area contributed by atoms with E-state index < -0.39 is 0 Å². The molecule has 0 saturated heterocycles. The summed E-state index contributed by atoms with van der Waals surface area (Å²) in [6.45, 7) is 4.01. The minimum Gasteiger partial charge on any atom is -0.338 e. The Morgan fingerprint density at radius 2 is 1.33 bits per heavy atom. The largest absolute Gasteiger partial charge is 0.338 e. The molecule has 0 aliphatic rings. The van der Waals surface area contributed by atoms with E-state index in [2.05, 4.69) is 22.4 Å². The van der Waals surface area contributed by atoms with Gasteiger partial charge in [0.15, 0.2) is 0 Å². The fourth-order valence-corrected chi connectivity index (χ4v) is 1.62. The maximum absolute atomic E-state index is 4.46. The fraction of sp³-hybridized carbons (Fsp3) is 0.455. The highest BCUT2D eigenvalue weighted by molar-refractivity contribution is 5.13. The molecule has 0 N–H and O–H groups in total. The first-order valence-corrected chi connectivity index (χ1v) is 5.04. The quantitative estimate of drug-likeness (QED) is 0.740. The van der Waals surface area contributed by atoms with E-state index in [0.29, 0.717) is 0 Å². The van der Waals surface area contributed by atoms with Crippen molar-refractivity contribution in [1.29, 1.82) is 0 Å². The lowest BCUT2D eigenvalue weighted by molar-refractivity contribution is 0.858. The highest BCUT2D eigenvalue weighted by atomic mass is 15.1. The van der Waals surface area contributed by atoms with E-state index in [-0.39, 0.29) is 0 Å². The number of aryl methyl sites for hydroxylation is 4. The van der Waals surface area contributed by atoms with Gasteiger partial charge in [0, 0.05) is 32.9 Å². The second-order valence-electron chi connectivity index (χ2n) is 3.96. The Morgan fingerprint density at radius 1 is 0.933 bits per heavy atom. The molecule has 0 saturated carbocycles. The van der Waals surface area contributed by atoms with Gasteiger partial charge in [-0.1, -0.05) is 0 Å². The van der Waals surface area contributed by atoms with Gasteiger partial charge in [0.1, 0.15) is 11.6 Å². The molecule has 0 bridgehead atoms. The number of hydrogen-bond acceptors (Lipinski definition) is 2. The van der Waals surface area contributed by atoms with Crippen molar-refractivity contribution < 1.29 is 0 Å². The minimum absolute atomic E-state index is 0.809. The standard InChI is InChI=1S/C11H16N4/c1-8-12-10(6-14(8)3)5-11-7-15(4)9(2)13-11/h6-7H,5H2,1-4H3. The lowest BCUT2D eigenvalue weighted by Crippen LogP contribution is -1.88. The van der Waals surface area contributed by atoms with Crippen LogP contribution in [0.25, 0.3) is 0 Å². The summed E-state index contributed by atoms with van der Waals surface area (Å²) in [4.78, 5) is 8.92. The number of nitrogens with zero attached hydrogens (tertiary/aromatic N) is 4. The van der Waals surface area contributed by atoms with Gasteiger partial charge in [-0.2, -0.15) is 0 Å². The number of rotatable bonds is 2. The van der Waals surface area contributed by atoms with E-state index in [1.54, 1.807) is 0 Å². The molecule has 0 aliphatic heterocycles. The summed E-state index contributed by atoms with van der Waals surface area (Å²) >= 11 is 0. The van der Waals surface area contributed by atoms with Gasteiger partial charge in [-0.3, -0.25) is 0 Å². The topological polar surface area (TPSA) is 35.6 Å². The van der Waals surface area contributed by atoms with Crippen LogP contribution in [-0.4, -0.2) is 19.1 Å². The molecule has 80 valence electrons. The molecule has 0 atom stereocenters. The Hall–Kier alpha value is -1.58. The number of aromatic nitrogens is 4. The third kappa shape index (κ3) is 1.93. The van der Waals surface area contributed by atoms with Crippen molar-refractivity contribution in [3.63, 3.8) is 0 Å². The monoisotopic (exact) mass is 204 g/mol. The Bertz CT molecular complexity index is 395. The average Bonchev–Trinajstić information content (AvgIpc) is 2.59. The van der Waals surface area contributed by atoms with E-state index in [9.17, 15) is 0 Å². The van der Waals surface area contributed by atoms with Crippen molar-refractivity contribution in [2.45, 2.75) is 20.3 Å². The van der Waals surface area contributed by atoms with Crippen molar-refractivity contribution in [3.8, 4) is 0 Å². The predicted octanol–water partition coefficient (Wildman–Crippen LogP) is 1.36. The molecule has 0 unspecified atom stereocenters. The molecule has 2 rings (SSSR count). The van der Waals surface area contributed by atoms with Gasteiger partial charge in [-0.25, -0.2) is 9.97 Å². The van der Waals surface area contributed by atoms with Crippen molar-refractivity contribution in [2.24, 2.45) is 14.1 Å². The number of hydrogen-bond donors (Lipinski definition) is 0. The van der Waals surface area contributed by atoms with Gasteiger partial charge >= 0.3 is 0 Å². The lowest BCUT2D eigenvalue weighted by atomic mass is 10.3. The molecular formula is C11H16N4. The minimum atomic E-state index is 0.809. The Labute approximate surface area is 89.6 Å². The third-order valence-corrected chi connectivity index (χ3v) is 2.68. The molecule has 2 aromatic rings. The zero-order valence-electron chi connectivity index (χ0n) is 9.65. The van der Waals surface area contributed by atoms with Crippen LogP contribution >= 0.6 is 0 Å². The van der Waals surface area contributed by atoms with Gasteiger partial charge < -0.3 is 9.13 Å². The summed E-state index contributed by atoms with van der Waals surface area (Å²) in [5, 5.41) is 0. The highest BCUT2D eigenvalue weighted by Crippen LogP contribution is 2.08. The molecule has 0 amide bonds. The van der Waals surface area contributed by atoms with Crippen LogP contribution in [0.1, 0.15) is 23.0 Å². The smallest absolute Gasteiger partial charge is 0.105 e. The van der Waals surface area contributed by atoms with Crippen LogP contribution in [0.15, 0.2) is 12.4 Å². The molecule has 0 fully saturated rings. The van der Waals surface area contributed by atoms with Gasteiger partial charge in [-0.15, -0.1) is 0 Å². The van der Waals surface area contributed by atoms with Crippen LogP contribution in [-0.2, 0) is 20.5 Å². The SMILES string of the molecule is Cc1nc(Cc2cn(C)c(C)n2)cn1C. The van der Waals surface area contributed by atoms with Crippen molar-refractivity contribution in [1.82, 2.24) is 19.1 Å². The summed E-state index contributed by atoms with van der Waals surface area (Å²) in [6, 6.07) is 0. The van der Waals surface area contributed by atoms with Crippen LogP contribution in [0.5, 0.6) is 0 Å². The zero-order valence-corrected chi connectivity index (χ0v) is 9.65. The van der Waals surface area contributed by atoms with E-state index in [4.69, 9.17) is 0 Å². The van der Waals surface area contributed by atoms with E-state index in [1.807, 2.05) is 37.1 Å². The predicted molar refractivity (Wildman–Crippen MR) is 58.7 cm³/mol. The van der Waals surface area contributed by atoms with E-state index >= 15 is 0 Å². The molecular weight excluding hydrogens is 188 g/mol. The van der Waals surface area contributed by atoms with Crippen LogP contribution in [0.2, 0.25) is 0 Å². The summed E-state index contributed by atoms with van der Waals surface area (Å²) in [6.07, 6.45) is 4.92. The fourth-order valence-electron chi connectivity index (χ4n) is 1.62. The lowest BCUT2D eigenvalue weighted by Gasteiger charge is -1.89. The molecule has 4 heteroatoms. The van der Waals surface area contributed by atoms with E-state index in [1.165, 1.54) is 0 Å². The third-order valence-electron chi connectivity index (χ3n) is 2.68. The second-order valence-corrected chi connectivity index (χ2v) is 3.96. The normalized spacial score (nSPS) is 10.9. The maximum Gasteiger partial charge on any atom is 0.105 e. The van der Waals surface area contributed by atoms with Gasteiger partial charge in [0.05, 0.1) is 11.4 Å². The molecule has 0 aromatic carbocycles. The van der Waals surface area contributed by atoms with Crippen LogP contribution in [0.3, 0.4) is 0 Å². The first-order chi connectivity index (χ1) is 7.06. The maximum atomic E-state index is 4.46. The molecule has 4 nitrogen and oxygen atoms in total. The molecule has 0 aliphatic carbocycles. The summed E-state index contributed by atoms with van der Waals surface area (Å²) in [7, 11) is 4.02. The molecule has 0 spiro atoms. The van der Waals surface area contributed by atoms with Crippen LogP contribution in [0.4, 0.5) is 0 Å². The molecule has 0 radical (unpaired) electrons. The first kappa shape index (κ1) is 9.96. The molecule has 2 heterocycles. The molecule has 2 aromatic heterocycles. The van der Waals surface area contributed by atoms with Crippen molar-refractivity contribution in [2.75, 3.05) is 0 Å². The molecule has 15 heavy (non-hydrogen) atoms. The van der Waals surface area contributed by atoms with E-state index in [0.717, 1.165) is 29.5 Å². The van der Waals surface area contributed by atoms with Gasteiger partial charge in [-0.05, 0) is 13.8 Å². The average molecular weight is 204 g/mol. The Balaban J connectivity index is 2.21. The Kier molecular flexibility index (Phi) is 2.34. The van der Waals surface area contributed by atoms with Gasteiger partial charge in [0.2, 0.25) is 0 Å². The highest BCUT2D eigenvalue weighted by Gasteiger charge is 2.06. The van der Waals surface area contributed by atoms with Crippen molar-refractivity contribution in [3.05, 3.63) is 35.4 Å². The summed E-state index contributed by atoms with van der Waals surface area (Å²) in [5.41, 5.74) is 2.15. The Morgan fingerprint density at radius 3 is 1.60 bits per heavy atom.